The summed E-state index contributed by atoms with van der Waals surface area (Å²) in [6.07, 6.45) is 1.17. The van der Waals surface area contributed by atoms with Gasteiger partial charge in [0.25, 0.3) is 0 Å². The third-order valence-corrected chi connectivity index (χ3v) is 2.86. The Labute approximate surface area is 88.7 Å². The second kappa shape index (κ2) is 4.61. The number of carboxylic acid groups (broad SMARTS) is 1. The minimum absolute atomic E-state index is 0.240. The lowest BCUT2D eigenvalue weighted by molar-refractivity contribution is -0.150. The maximum atomic E-state index is 11.5. The van der Waals surface area contributed by atoms with E-state index >= 15 is 0 Å². The Morgan fingerprint density at radius 3 is 2.40 bits per heavy atom. The van der Waals surface area contributed by atoms with Crippen molar-refractivity contribution in [3.8, 4) is 0 Å². The van der Waals surface area contributed by atoms with Crippen LogP contribution in [-0.4, -0.2) is 46.7 Å². The number of amides is 1. The van der Waals surface area contributed by atoms with Gasteiger partial charge in [-0.15, -0.1) is 0 Å². The summed E-state index contributed by atoms with van der Waals surface area (Å²) in [5.74, 6) is -2.14. The van der Waals surface area contributed by atoms with Crippen LogP contribution >= 0.6 is 0 Å². The number of aliphatic hydroxyl groups is 1. The van der Waals surface area contributed by atoms with Crippen LogP contribution in [0.5, 0.6) is 0 Å². The highest BCUT2D eigenvalue weighted by Gasteiger charge is 2.31. The number of aliphatic carboxylic acids is 1. The predicted molar refractivity (Wildman–Crippen MR) is 53.2 cm³/mol. The summed E-state index contributed by atoms with van der Waals surface area (Å²) < 4.78 is 0. The van der Waals surface area contributed by atoms with E-state index in [1.165, 1.54) is 11.8 Å². The highest BCUT2D eigenvalue weighted by atomic mass is 16.4. The zero-order chi connectivity index (χ0) is 11.6. The molecule has 0 saturated heterocycles. The molecule has 1 amide bonds. The van der Waals surface area contributed by atoms with Gasteiger partial charge in [0, 0.05) is 13.6 Å². The van der Waals surface area contributed by atoms with Crippen molar-refractivity contribution < 1.29 is 19.8 Å². The van der Waals surface area contributed by atoms with Gasteiger partial charge in [0.15, 0.2) is 0 Å². The van der Waals surface area contributed by atoms with Crippen LogP contribution in [0.25, 0.3) is 0 Å². The second-order valence-corrected chi connectivity index (χ2v) is 4.27. The molecular weight excluding hydrogens is 198 g/mol. The zero-order valence-corrected chi connectivity index (χ0v) is 9.01. The van der Waals surface area contributed by atoms with Gasteiger partial charge in [0.2, 0.25) is 5.91 Å². The van der Waals surface area contributed by atoms with Crippen molar-refractivity contribution in [2.75, 3.05) is 13.6 Å². The van der Waals surface area contributed by atoms with Crippen molar-refractivity contribution in [2.45, 2.75) is 25.9 Å². The minimum atomic E-state index is -1.10. The molecule has 1 fully saturated rings. The lowest BCUT2D eigenvalue weighted by Gasteiger charge is -2.34. The van der Waals surface area contributed by atoms with Gasteiger partial charge in [-0.2, -0.15) is 0 Å². The molecule has 1 unspecified atom stereocenters. The summed E-state index contributed by atoms with van der Waals surface area (Å²) in [6, 6.07) is 0. The molecular formula is C10H17NO4. The van der Waals surface area contributed by atoms with E-state index in [9.17, 15) is 9.59 Å². The van der Waals surface area contributed by atoms with Crippen molar-refractivity contribution in [3.05, 3.63) is 0 Å². The molecule has 0 aliphatic heterocycles. The van der Waals surface area contributed by atoms with E-state index in [0.29, 0.717) is 25.3 Å². The Hall–Kier alpha value is -1.10. The fourth-order valence-corrected chi connectivity index (χ4v) is 1.76. The molecule has 86 valence electrons. The fraction of sp³-hybridized carbons (Fsp3) is 0.800. The second-order valence-electron chi connectivity index (χ2n) is 4.27. The number of hydrogen-bond donors (Lipinski definition) is 2. The minimum Gasteiger partial charge on any atom is -0.481 e. The number of nitrogens with zero attached hydrogens (tertiary/aromatic N) is 1. The van der Waals surface area contributed by atoms with Gasteiger partial charge < -0.3 is 15.1 Å². The van der Waals surface area contributed by atoms with Crippen LogP contribution in [-0.2, 0) is 9.59 Å². The van der Waals surface area contributed by atoms with Gasteiger partial charge in [0.05, 0.1) is 6.10 Å². The Morgan fingerprint density at radius 2 is 2.00 bits per heavy atom. The number of carbonyl (C=O) groups excluding carboxylic acids is 1. The first-order valence-electron chi connectivity index (χ1n) is 5.07. The van der Waals surface area contributed by atoms with Crippen molar-refractivity contribution in [1.29, 1.82) is 0 Å². The number of carboxylic acids is 1. The van der Waals surface area contributed by atoms with E-state index in [1.807, 2.05) is 0 Å². The Morgan fingerprint density at radius 1 is 1.47 bits per heavy atom. The molecule has 0 spiro atoms. The Balaban J connectivity index is 2.36. The molecule has 1 atom stereocenters. The molecule has 0 aromatic heterocycles. The van der Waals surface area contributed by atoms with Crippen LogP contribution in [0.2, 0.25) is 0 Å². The zero-order valence-electron chi connectivity index (χ0n) is 9.01. The topological polar surface area (TPSA) is 77.8 Å². The molecule has 1 aliphatic carbocycles. The summed E-state index contributed by atoms with van der Waals surface area (Å²) in [5, 5.41) is 17.7. The normalized spacial score (nSPS) is 26.6. The molecule has 2 N–H and O–H groups in total. The standard InChI is InChI=1S/C10H17NO4/c1-6(10(14)15)9(13)11(2)5-7-3-8(12)4-7/h6-8,12H,3-5H2,1-2H3,(H,14,15). The highest BCUT2D eigenvalue weighted by molar-refractivity contribution is 5.96. The average molecular weight is 215 g/mol. The van der Waals surface area contributed by atoms with Gasteiger partial charge in [-0.05, 0) is 25.7 Å². The molecule has 1 saturated carbocycles. The average Bonchev–Trinajstić information content (AvgIpc) is 2.12. The number of carbonyl (C=O) groups is 2. The smallest absolute Gasteiger partial charge is 0.315 e. The Bertz CT molecular complexity index is 260. The molecule has 15 heavy (non-hydrogen) atoms. The van der Waals surface area contributed by atoms with E-state index in [-0.39, 0.29) is 12.0 Å². The van der Waals surface area contributed by atoms with Gasteiger partial charge in [-0.25, -0.2) is 0 Å². The maximum absolute atomic E-state index is 11.5. The summed E-state index contributed by atoms with van der Waals surface area (Å²) >= 11 is 0. The monoisotopic (exact) mass is 215 g/mol. The molecule has 0 bridgehead atoms. The fourth-order valence-electron chi connectivity index (χ4n) is 1.76. The van der Waals surface area contributed by atoms with Gasteiger partial charge >= 0.3 is 5.97 Å². The van der Waals surface area contributed by atoms with Crippen molar-refractivity contribution in [1.82, 2.24) is 4.90 Å². The van der Waals surface area contributed by atoms with E-state index in [1.54, 1.807) is 7.05 Å². The lowest BCUT2D eigenvalue weighted by Crippen LogP contribution is -2.42. The van der Waals surface area contributed by atoms with Crippen LogP contribution in [0.4, 0.5) is 0 Å². The molecule has 5 nitrogen and oxygen atoms in total. The van der Waals surface area contributed by atoms with E-state index in [0.717, 1.165) is 0 Å². The molecule has 5 heteroatoms. The summed E-state index contributed by atoms with van der Waals surface area (Å²) in [7, 11) is 1.60. The Kier molecular flexibility index (Phi) is 3.68. The van der Waals surface area contributed by atoms with Gasteiger partial charge in [-0.3, -0.25) is 9.59 Å². The van der Waals surface area contributed by atoms with E-state index in [2.05, 4.69) is 0 Å². The first-order chi connectivity index (χ1) is 6.91. The van der Waals surface area contributed by atoms with E-state index in [4.69, 9.17) is 10.2 Å². The molecule has 0 aromatic rings. The SMILES string of the molecule is CC(C(=O)O)C(=O)N(C)CC1CC(O)C1. The van der Waals surface area contributed by atoms with Crippen molar-refractivity contribution >= 4 is 11.9 Å². The van der Waals surface area contributed by atoms with E-state index < -0.39 is 11.9 Å². The van der Waals surface area contributed by atoms with Crippen LogP contribution in [0, 0.1) is 11.8 Å². The predicted octanol–water partition coefficient (Wildman–Crippen LogP) is -0.0636. The third kappa shape index (κ3) is 2.92. The quantitative estimate of drug-likeness (QED) is 0.644. The van der Waals surface area contributed by atoms with Crippen LogP contribution in [0.15, 0.2) is 0 Å². The van der Waals surface area contributed by atoms with Crippen LogP contribution in [0.1, 0.15) is 19.8 Å². The molecule has 0 heterocycles. The van der Waals surface area contributed by atoms with Gasteiger partial charge in [-0.1, -0.05) is 0 Å². The summed E-state index contributed by atoms with van der Waals surface area (Å²) in [4.78, 5) is 23.5. The number of rotatable bonds is 4. The largest absolute Gasteiger partial charge is 0.481 e. The maximum Gasteiger partial charge on any atom is 0.315 e. The molecule has 1 rings (SSSR count). The molecule has 1 aliphatic rings. The third-order valence-electron chi connectivity index (χ3n) is 2.86. The highest BCUT2D eigenvalue weighted by Crippen LogP contribution is 2.27. The first kappa shape index (κ1) is 12.0. The van der Waals surface area contributed by atoms with Crippen LogP contribution in [0.3, 0.4) is 0 Å². The summed E-state index contributed by atoms with van der Waals surface area (Å²) in [6.45, 7) is 1.92. The molecule has 0 aromatic carbocycles. The van der Waals surface area contributed by atoms with Gasteiger partial charge in [0.1, 0.15) is 5.92 Å². The van der Waals surface area contributed by atoms with Crippen LogP contribution < -0.4 is 0 Å². The first-order valence-corrected chi connectivity index (χ1v) is 5.07. The lowest BCUT2D eigenvalue weighted by atomic mass is 9.82. The molecule has 0 radical (unpaired) electrons. The van der Waals surface area contributed by atoms with Crippen molar-refractivity contribution in [2.24, 2.45) is 11.8 Å². The number of hydrogen-bond acceptors (Lipinski definition) is 3. The van der Waals surface area contributed by atoms with Crippen molar-refractivity contribution in [3.63, 3.8) is 0 Å². The summed E-state index contributed by atoms with van der Waals surface area (Å²) in [5.41, 5.74) is 0. The number of aliphatic hydroxyl groups excluding tert-OH is 1.